The fourth-order valence-corrected chi connectivity index (χ4v) is 5.04. The molecule has 0 aliphatic carbocycles. The van der Waals surface area contributed by atoms with E-state index < -0.39 is 5.82 Å². The van der Waals surface area contributed by atoms with Crippen molar-refractivity contribution in [2.24, 2.45) is 0 Å². The van der Waals surface area contributed by atoms with E-state index in [0.29, 0.717) is 11.7 Å². The summed E-state index contributed by atoms with van der Waals surface area (Å²) < 4.78 is 16.2. The number of aryl methyl sites for hydroxylation is 2. The van der Waals surface area contributed by atoms with Gasteiger partial charge < -0.3 is 20.1 Å². The van der Waals surface area contributed by atoms with E-state index in [-0.39, 0.29) is 30.1 Å². The maximum Gasteiger partial charge on any atom is 0.226 e. The number of nitrogens with one attached hydrogen (secondary N) is 2. The fourth-order valence-electron chi connectivity index (χ4n) is 4.71. The third-order valence-electron chi connectivity index (χ3n) is 6.78. The summed E-state index contributed by atoms with van der Waals surface area (Å²) in [4.78, 5) is 19.4. The standard InChI is InChI=1S/C29H28FN5OS/c1-19-12-13-21(18-20(19)2)34-16-7-11-25(34)28-27(24-10-5-6-15-31-24)33-29(37)35(28)17-14-26(36)32-23-9-4-3-8-22(23)30/h3-13,15-16,18,27-28H,14,17H2,1-2H3,(H,32,36)(H,33,37)/t27-,28+/m0/s1. The largest absolute Gasteiger partial charge is 0.352 e. The van der Waals surface area contributed by atoms with Crippen molar-refractivity contribution < 1.29 is 9.18 Å². The molecule has 0 bridgehead atoms. The maximum absolute atomic E-state index is 14.0. The molecule has 5 rings (SSSR count). The average molecular weight is 514 g/mol. The fraction of sp³-hybridized carbons (Fsp3) is 0.207. The zero-order valence-electron chi connectivity index (χ0n) is 20.7. The van der Waals surface area contributed by atoms with Gasteiger partial charge in [0, 0.05) is 36.7 Å². The van der Waals surface area contributed by atoms with Crippen LogP contribution in [0, 0.1) is 19.7 Å². The number of hydrogen-bond acceptors (Lipinski definition) is 3. The molecule has 37 heavy (non-hydrogen) atoms. The van der Waals surface area contributed by atoms with Gasteiger partial charge in [-0.2, -0.15) is 0 Å². The second-order valence-electron chi connectivity index (χ2n) is 9.17. The lowest BCUT2D eigenvalue weighted by molar-refractivity contribution is -0.116. The van der Waals surface area contributed by atoms with Crippen molar-refractivity contribution in [3.8, 4) is 5.69 Å². The topological polar surface area (TPSA) is 62.2 Å². The molecule has 2 N–H and O–H groups in total. The molecule has 8 heteroatoms. The van der Waals surface area contributed by atoms with Crippen LogP contribution in [0.2, 0.25) is 0 Å². The molecule has 2 aromatic carbocycles. The number of halogens is 1. The van der Waals surface area contributed by atoms with Crippen molar-refractivity contribution in [3.63, 3.8) is 0 Å². The number of nitrogens with zero attached hydrogens (tertiary/aromatic N) is 3. The maximum atomic E-state index is 14.0. The van der Waals surface area contributed by atoms with E-state index in [1.54, 1.807) is 24.4 Å². The van der Waals surface area contributed by atoms with Gasteiger partial charge in [-0.05, 0) is 85.7 Å². The molecule has 1 fully saturated rings. The highest BCUT2D eigenvalue weighted by Crippen LogP contribution is 2.39. The van der Waals surface area contributed by atoms with E-state index in [1.807, 2.05) is 35.4 Å². The molecular formula is C29H28FN5OS. The molecule has 4 aromatic rings. The van der Waals surface area contributed by atoms with Crippen LogP contribution in [0.1, 0.15) is 41.0 Å². The third kappa shape index (κ3) is 5.11. The van der Waals surface area contributed by atoms with Gasteiger partial charge in [0.2, 0.25) is 5.91 Å². The van der Waals surface area contributed by atoms with Crippen LogP contribution in [0.5, 0.6) is 0 Å². The van der Waals surface area contributed by atoms with Crippen molar-refractivity contribution in [2.45, 2.75) is 32.4 Å². The molecular weight excluding hydrogens is 485 g/mol. The van der Waals surface area contributed by atoms with Gasteiger partial charge in [0.15, 0.2) is 5.11 Å². The molecule has 6 nitrogen and oxygen atoms in total. The van der Waals surface area contributed by atoms with Crippen LogP contribution >= 0.6 is 12.2 Å². The van der Waals surface area contributed by atoms with Gasteiger partial charge >= 0.3 is 0 Å². The summed E-state index contributed by atoms with van der Waals surface area (Å²) in [5, 5.41) is 6.65. The lowest BCUT2D eigenvalue weighted by Crippen LogP contribution is -2.33. The van der Waals surface area contributed by atoms with E-state index in [9.17, 15) is 9.18 Å². The summed E-state index contributed by atoms with van der Waals surface area (Å²) >= 11 is 5.75. The van der Waals surface area contributed by atoms with Crippen LogP contribution in [0.3, 0.4) is 0 Å². The van der Waals surface area contributed by atoms with Crippen LogP contribution in [0.15, 0.2) is 85.2 Å². The Morgan fingerprint density at radius 1 is 1.05 bits per heavy atom. The van der Waals surface area contributed by atoms with Gasteiger partial charge in [-0.25, -0.2) is 4.39 Å². The zero-order valence-corrected chi connectivity index (χ0v) is 21.5. The van der Waals surface area contributed by atoms with Gasteiger partial charge in [0.05, 0.1) is 23.5 Å². The lowest BCUT2D eigenvalue weighted by Gasteiger charge is -2.29. The van der Waals surface area contributed by atoms with Gasteiger partial charge in [0.1, 0.15) is 5.82 Å². The Hall–Kier alpha value is -4.04. The molecule has 0 spiro atoms. The van der Waals surface area contributed by atoms with Crippen LogP contribution in [0.4, 0.5) is 10.1 Å². The Bertz CT molecular complexity index is 1440. The van der Waals surface area contributed by atoms with Crippen molar-refractivity contribution in [1.82, 2.24) is 19.8 Å². The van der Waals surface area contributed by atoms with Crippen LogP contribution in [0.25, 0.3) is 5.69 Å². The Morgan fingerprint density at radius 3 is 2.62 bits per heavy atom. The van der Waals surface area contributed by atoms with Gasteiger partial charge in [0.25, 0.3) is 0 Å². The van der Waals surface area contributed by atoms with Gasteiger partial charge in [-0.3, -0.25) is 9.78 Å². The normalized spacial score (nSPS) is 17.1. The predicted molar refractivity (Wildman–Crippen MR) is 147 cm³/mol. The number of hydrogen-bond donors (Lipinski definition) is 2. The molecule has 188 valence electrons. The van der Waals surface area contributed by atoms with Gasteiger partial charge in [-0.15, -0.1) is 0 Å². The highest BCUT2D eigenvalue weighted by atomic mass is 32.1. The smallest absolute Gasteiger partial charge is 0.226 e. The SMILES string of the molecule is Cc1ccc(-n2cccc2[C@@H]2[C@H](c3ccccn3)NC(=S)N2CCC(=O)Nc2ccccc2F)cc1C. The number of carbonyl (C=O) groups excluding carboxylic acids is 1. The first-order chi connectivity index (χ1) is 17.9. The molecule has 0 radical (unpaired) electrons. The van der Waals surface area contributed by atoms with Crippen molar-refractivity contribution in [3.05, 3.63) is 114 Å². The summed E-state index contributed by atoms with van der Waals surface area (Å²) in [5.74, 6) is -0.744. The zero-order chi connectivity index (χ0) is 25.9. The lowest BCUT2D eigenvalue weighted by atomic mass is 10.0. The van der Waals surface area contributed by atoms with Crippen molar-refractivity contribution >= 4 is 28.9 Å². The highest BCUT2D eigenvalue weighted by Gasteiger charge is 2.41. The number of rotatable bonds is 7. The molecule has 0 saturated carbocycles. The molecule has 2 aromatic heterocycles. The second kappa shape index (κ2) is 10.5. The number of carbonyl (C=O) groups is 1. The average Bonchev–Trinajstić information content (AvgIpc) is 3.50. The quantitative estimate of drug-likeness (QED) is 0.314. The van der Waals surface area contributed by atoms with E-state index in [2.05, 4.69) is 58.3 Å². The van der Waals surface area contributed by atoms with Gasteiger partial charge in [-0.1, -0.05) is 24.3 Å². The molecule has 1 aliphatic heterocycles. The van der Waals surface area contributed by atoms with E-state index in [4.69, 9.17) is 12.2 Å². The van der Waals surface area contributed by atoms with Crippen LogP contribution in [-0.2, 0) is 4.79 Å². The Kier molecular flexibility index (Phi) is 7.01. The number of amides is 1. The minimum Gasteiger partial charge on any atom is -0.352 e. The first-order valence-electron chi connectivity index (χ1n) is 12.2. The van der Waals surface area contributed by atoms with E-state index >= 15 is 0 Å². The third-order valence-corrected chi connectivity index (χ3v) is 7.13. The summed E-state index contributed by atoms with van der Waals surface area (Å²) in [6, 6.07) is 22.0. The molecule has 1 saturated heterocycles. The molecule has 1 aliphatic rings. The molecule has 1 amide bonds. The minimum absolute atomic E-state index is 0.145. The van der Waals surface area contributed by atoms with Crippen LogP contribution in [-0.4, -0.2) is 32.0 Å². The Morgan fingerprint density at radius 2 is 1.86 bits per heavy atom. The number of thiocarbonyl (C=S) groups is 1. The summed E-state index contributed by atoms with van der Waals surface area (Å²) in [5.41, 5.74) is 5.55. The second-order valence-corrected chi connectivity index (χ2v) is 9.56. The number of anilines is 1. The highest BCUT2D eigenvalue weighted by molar-refractivity contribution is 7.80. The van der Waals surface area contributed by atoms with Crippen molar-refractivity contribution in [2.75, 3.05) is 11.9 Å². The summed E-state index contributed by atoms with van der Waals surface area (Å²) in [6.07, 6.45) is 3.95. The predicted octanol–water partition coefficient (Wildman–Crippen LogP) is 5.63. The minimum atomic E-state index is -0.464. The van der Waals surface area contributed by atoms with E-state index in [1.165, 1.54) is 17.2 Å². The van der Waals surface area contributed by atoms with Crippen LogP contribution < -0.4 is 10.6 Å². The Labute approximate surface area is 221 Å². The first-order valence-corrected chi connectivity index (χ1v) is 12.6. The number of benzene rings is 2. The first kappa shape index (κ1) is 24.6. The molecule has 3 heterocycles. The number of aromatic nitrogens is 2. The molecule has 2 atom stereocenters. The summed E-state index contributed by atoms with van der Waals surface area (Å²) in [7, 11) is 0. The molecule has 0 unspecified atom stereocenters. The number of pyridine rings is 1. The monoisotopic (exact) mass is 513 g/mol. The summed E-state index contributed by atoms with van der Waals surface area (Å²) in [6.45, 7) is 4.56. The Balaban J connectivity index is 1.46. The van der Waals surface area contributed by atoms with Crippen molar-refractivity contribution in [1.29, 1.82) is 0 Å². The van der Waals surface area contributed by atoms with E-state index in [0.717, 1.165) is 17.1 Å². The number of para-hydroxylation sites is 1.